The van der Waals surface area contributed by atoms with Crippen molar-refractivity contribution in [1.29, 1.82) is 0 Å². The van der Waals surface area contributed by atoms with Gasteiger partial charge >= 0.3 is 0 Å². The molecule has 0 saturated carbocycles. The molecule has 10 aromatic rings. The Morgan fingerprint density at radius 3 is 1.21 bits per heavy atom. The number of hydrogen-bond acceptors (Lipinski definition) is 26. The van der Waals surface area contributed by atoms with Crippen molar-refractivity contribution >= 4 is 156 Å². The van der Waals surface area contributed by atoms with Gasteiger partial charge in [-0.25, -0.2) is 161 Å². The molecule has 0 spiro atoms. The maximum atomic E-state index is 15.1. The predicted molar refractivity (Wildman–Crippen MR) is 463 cm³/mol. The molecule has 5 aliphatic rings. The second kappa shape index (κ2) is 39.6. The van der Waals surface area contributed by atoms with E-state index in [1.807, 2.05) is 16.7 Å². The molecule has 0 aliphatic carbocycles. The second-order valence-electron chi connectivity index (χ2n) is 31.7. The first-order valence-corrected chi connectivity index (χ1v) is 48.4. The van der Waals surface area contributed by atoms with E-state index in [-0.39, 0.29) is 78.4 Å². The lowest BCUT2D eigenvalue weighted by atomic mass is 9.82. The summed E-state index contributed by atoms with van der Waals surface area (Å²) in [5.41, 5.74) is -1.30. The third kappa shape index (κ3) is 25.8. The van der Waals surface area contributed by atoms with E-state index in [4.69, 9.17) is 26.3 Å². The summed E-state index contributed by atoms with van der Waals surface area (Å²) in [5.74, 6) is 0.382. The van der Waals surface area contributed by atoms with Gasteiger partial charge in [0.2, 0.25) is 72.9 Å². The largest absolute Gasteiger partial charge is 0.387 e. The van der Waals surface area contributed by atoms with Crippen molar-refractivity contribution in [3.63, 3.8) is 0 Å². The molecule has 0 radical (unpaired) electrons. The van der Waals surface area contributed by atoms with Crippen LogP contribution in [0.3, 0.4) is 0 Å². The Balaban J connectivity index is 0.000000152. The number of anilines is 5. The molecule has 5 saturated heterocycles. The van der Waals surface area contributed by atoms with Gasteiger partial charge in [0.15, 0.2) is 0 Å². The Morgan fingerprint density at radius 1 is 0.392 bits per heavy atom. The Morgan fingerprint density at radius 2 is 0.744 bits per heavy atom. The quantitative estimate of drug-likeness (QED) is 0.0306. The number of aliphatic hydroxyl groups is 1. The van der Waals surface area contributed by atoms with Gasteiger partial charge in [-0.05, 0) is 142 Å². The Labute approximate surface area is 719 Å². The Kier molecular flexibility index (Phi) is 29.9. The van der Waals surface area contributed by atoms with Gasteiger partial charge < -0.3 is 29.6 Å². The summed E-state index contributed by atoms with van der Waals surface area (Å²) in [6, 6.07) is 15.0. The second-order valence-corrected chi connectivity index (χ2v) is 40.9. The molecular formula is C79H90F6N24O11S5. The highest BCUT2D eigenvalue weighted by Crippen LogP contribution is 2.40. The summed E-state index contributed by atoms with van der Waals surface area (Å²) >= 11 is 0. The first kappa shape index (κ1) is 94.5. The van der Waals surface area contributed by atoms with Crippen LogP contribution in [0.4, 0.5) is 78.2 Å². The van der Waals surface area contributed by atoms with Crippen LogP contribution in [0, 0.1) is 72.6 Å². The van der Waals surface area contributed by atoms with Gasteiger partial charge in [0.1, 0.15) is 95.5 Å². The van der Waals surface area contributed by atoms with E-state index in [0.717, 1.165) is 89.1 Å². The van der Waals surface area contributed by atoms with Crippen LogP contribution in [0.1, 0.15) is 64.7 Å². The predicted octanol–water partition coefficient (Wildman–Crippen LogP) is 9.08. The lowest BCUT2D eigenvalue weighted by Gasteiger charge is -2.41. The number of hydrogen-bond donors (Lipinski definition) is 6. The normalized spacial score (nSPS) is 20.1. The summed E-state index contributed by atoms with van der Waals surface area (Å²) in [6.45, 7) is 36.4. The van der Waals surface area contributed by atoms with Crippen LogP contribution < -0.4 is 48.1 Å². The van der Waals surface area contributed by atoms with Crippen LogP contribution in [-0.2, 0) is 50.1 Å². The van der Waals surface area contributed by atoms with E-state index in [1.54, 1.807) is 11.0 Å². The van der Waals surface area contributed by atoms with E-state index in [1.165, 1.54) is 86.2 Å². The maximum Gasteiger partial charge on any atom is 0.224 e. The average molecular weight is 1830 g/mol. The van der Waals surface area contributed by atoms with Crippen molar-refractivity contribution in [2.75, 3.05) is 154 Å². The van der Waals surface area contributed by atoms with E-state index < -0.39 is 84.7 Å². The van der Waals surface area contributed by atoms with Crippen LogP contribution in [0.25, 0.3) is 73.9 Å². The van der Waals surface area contributed by atoms with Crippen LogP contribution in [0.5, 0.6) is 0 Å². The molecule has 46 heteroatoms. The molecule has 35 nitrogen and oxygen atoms in total. The van der Waals surface area contributed by atoms with Gasteiger partial charge in [0.25, 0.3) is 0 Å². The van der Waals surface area contributed by atoms with Gasteiger partial charge in [-0.3, -0.25) is 0 Å². The van der Waals surface area contributed by atoms with Gasteiger partial charge in [0.05, 0.1) is 97.3 Å². The van der Waals surface area contributed by atoms with Crippen molar-refractivity contribution in [2.24, 2.45) is 17.3 Å². The molecule has 10 heterocycles. The Bertz CT molecular complexity index is 6120. The number of β-amino-alcohol motifs (C(OH)–C–C–N with tert-alkyl or cyclic N) is 1. The van der Waals surface area contributed by atoms with E-state index in [9.17, 15) is 69.1 Å². The maximum absolute atomic E-state index is 15.1. The molecular weight excluding hydrogens is 1740 g/mol. The highest BCUT2D eigenvalue weighted by molar-refractivity contribution is 7.89. The molecule has 5 aliphatic heterocycles. The smallest absolute Gasteiger partial charge is 0.224 e. The van der Waals surface area contributed by atoms with E-state index >= 15 is 4.39 Å². The van der Waals surface area contributed by atoms with Crippen molar-refractivity contribution in [2.45, 2.75) is 76.0 Å². The van der Waals surface area contributed by atoms with Crippen LogP contribution in [-0.4, -0.2) is 238 Å². The number of nitrogens with one attached hydrogen (secondary N) is 5. The van der Waals surface area contributed by atoms with Crippen LogP contribution >= 0.6 is 0 Å². The molecule has 15 rings (SSSR count). The summed E-state index contributed by atoms with van der Waals surface area (Å²) in [4.78, 5) is 64.1. The zero-order valence-corrected chi connectivity index (χ0v) is 72.8. The number of halogens is 6. The minimum atomic E-state index is -3.50. The first-order chi connectivity index (χ1) is 58.9. The molecule has 5 atom stereocenters. The summed E-state index contributed by atoms with van der Waals surface area (Å²) in [5, 5.41) is 13.6. The summed E-state index contributed by atoms with van der Waals surface area (Å²) in [7, 11) is -16.6. The number of benzene rings is 5. The standard InChI is InChI=1S/C17H20FN5O2S.C16H17F2N5O2S.C16H18FN5O3S.C16H18FN5O2S.C14H17FN4O2S/c1-17(9-22-26(3,24)25)5-4-6-23(10-17)16-12-7-15(19-2)13(18)8-14(12)20-11-21-16;1-19-14-6-11-13(7-12(14)17)20-10-21-15(11)23-5-3-4-16(18,9-23)8-22-26(2,24)25;1-18-14-6-11-13(7-12(14)17)19-10-20-15(11)22-5-3-4-16(23,9-22)8-21-26(2,24)25;1-18-15-7-14-12(6-13(15)17)16(20-10-19-14)22-5-3-4-11(9-22)8-21-25(2,23)24;1-22(20,21)18-7-10-4-5-19(8-10)14-12-6-11(15)2-3-13(12)16-9-17-14/h7-8,11,22H,4-6,9-10H2,1,3H3;6-7,10,22H,3-5,8-9H2,2H3;6-7,10,21,23H,3-5,8-9H2,2H3;6-7,10-11,21H,3-5,8-9H2,2H3;2-3,6,9-10,18H,4-5,7-8H2,1H3. The highest BCUT2D eigenvalue weighted by atomic mass is 32.2. The SMILES string of the molecule is CS(=O)(=O)NCC1CCN(c2ncnc3ccc(F)cc23)C1.[C-]#[N+]c1cc2c(N3CCCC(C)(CNS(C)(=O)=O)C3)ncnc2cc1F.[C-]#[N+]c1cc2c(N3CCCC(F)(CNS(C)(=O)=O)C3)ncnc2cc1F.[C-]#[N+]c1cc2c(N3CCCC(O)(CNS(C)(=O)=O)C3)ncnc2cc1F.[C-]#[N+]c1cc2ncnc(N3CCCC(CNS(C)(=O)=O)C3)c2cc1F. The molecule has 125 heavy (non-hydrogen) atoms. The first-order valence-electron chi connectivity index (χ1n) is 39.0. The van der Waals surface area contributed by atoms with Crippen LogP contribution in [0.2, 0.25) is 0 Å². The van der Waals surface area contributed by atoms with Gasteiger partial charge in [-0.15, -0.1) is 0 Å². The van der Waals surface area contributed by atoms with E-state index in [0.29, 0.717) is 155 Å². The zero-order chi connectivity index (χ0) is 90.6. The van der Waals surface area contributed by atoms with Crippen molar-refractivity contribution < 1.29 is 73.5 Å². The lowest BCUT2D eigenvalue weighted by Crippen LogP contribution is -2.54. The van der Waals surface area contributed by atoms with E-state index in [2.05, 4.69) is 103 Å². The average Bonchev–Trinajstić information content (AvgIpc) is 1.08. The van der Waals surface area contributed by atoms with Crippen molar-refractivity contribution in [3.8, 4) is 0 Å². The molecule has 0 amide bonds. The molecule has 5 fully saturated rings. The Hall–Kier alpha value is -11.2. The van der Waals surface area contributed by atoms with Crippen LogP contribution in [0.15, 0.2) is 98.4 Å². The number of aromatic nitrogens is 10. The molecule has 664 valence electrons. The summed E-state index contributed by atoms with van der Waals surface area (Å²) in [6.07, 6.45) is 18.5. The number of fused-ring (bicyclic) bond motifs is 5. The number of rotatable bonds is 20. The molecule has 5 unspecified atom stereocenters. The van der Waals surface area contributed by atoms with Gasteiger partial charge in [-0.2, -0.15) is 0 Å². The summed E-state index contributed by atoms with van der Waals surface area (Å²) < 4.78 is 209. The van der Waals surface area contributed by atoms with Crippen molar-refractivity contribution in [1.82, 2.24) is 73.5 Å². The van der Waals surface area contributed by atoms with Gasteiger partial charge in [-0.1, -0.05) is 6.92 Å². The third-order valence-corrected chi connectivity index (χ3v) is 24.7. The van der Waals surface area contributed by atoms with Gasteiger partial charge in [0, 0.05) is 119 Å². The fourth-order valence-electron chi connectivity index (χ4n) is 15.3. The van der Waals surface area contributed by atoms with Crippen molar-refractivity contribution in [3.05, 3.63) is 173 Å². The monoisotopic (exact) mass is 1820 g/mol. The fraction of sp³-hybridized carbons (Fsp3) is 0.443. The minimum Gasteiger partial charge on any atom is -0.387 e. The fourth-order valence-corrected chi connectivity index (χ4v) is 18.0. The third-order valence-electron chi connectivity index (χ3n) is 21.3. The lowest BCUT2D eigenvalue weighted by molar-refractivity contribution is 0.0311. The zero-order valence-electron chi connectivity index (χ0n) is 68.7. The molecule has 5 aromatic heterocycles. The number of alkyl halides is 1. The number of piperidine rings is 4. The number of nitrogens with zero attached hydrogens (tertiary/aromatic N) is 19. The minimum absolute atomic E-state index is 0.0629. The topological polar surface area (TPSA) is 414 Å². The molecule has 0 bridgehead atoms. The number of sulfonamides is 5. The molecule has 5 aromatic carbocycles. The highest BCUT2D eigenvalue weighted by Gasteiger charge is 2.39. The molecule has 6 N–H and O–H groups in total.